The van der Waals surface area contributed by atoms with Crippen molar-refractivity contribution < 1.29 is 4.92 Å². The fourth-order valence-electron chi connectivity index (χ4n) is 1.98. The lowest BCUT2D eigenvalue weighted by atomic mass is 10.2. The zero-order chi connectivity index (χ0) is 14.5. The second-order valence-electron chi connectivity index (χ2n) is 4.36. The minimum absolute atomic E-state index is 0.0283. The minimum atomic E-state index is -0.411. The van der Waals surface area contributed by atoms with Crippen LogP contribution in [0.25, 0.3) is 6.08 Å². The number of nitrogens with zero attached hydrogens (tertiary/aromatic N) is 3. The van der Waals surface area contributed by atoms with Gasteiger partial charge >= 0.3 is 5.69 Å². The van der Waals surface area contributed by atoms with Crippen molar-refractivity contribution in [2.75, 3.05) is 11.9 Å². The third kappa shape index (κ3) is 3.03. The van der Waals surface area contributed by atoms with E-state index in [9.17, 15) is 10.1 Å². The average Bonchev–Trinajstić information content (AvgIpc) is 2.70. The molecule has 1 aromatic heterocycles. The molecule has 0 aliphatic carbocycles. The van der Waals surface area contributed by atoms with Crippen LogP contribution in [-0.4, -0.2) is 21.2 Å². The SMILES string of the molecule is Cc1nn(C)c(NC/C=C/c2ccccc2)c1[N+](=O)[O-]. The Hall–Kier alpha value is -2.63. The van der Waals surface area contributed by atoms with Crippen LogP contribution in [0.1, 0.15) is 11.3 Å². The molecule has 0 saturated carbocycles. The predicted octanol–water partition coefficient (Wildman–Crippen LogP) is 2.76. The van der Waals surface area contributed by atoms with Gasteiger partial charge in [-0.1, -0.05) is 42.5 Å². The zero-order valence-corrected chi connectivity index (χ0v) is 11.4. The van der Waals surface area contributed by atoms with Crippen LogP contribution in [0, 0.1) is 17.0 Å². The summed E-state index contributed by atoms with van der Waals surface area (Å²) in [7, 11) is 1.68. The van der Waals surface area contributed by atoms with Crippen LogP contribution >= 0.6 is 0 Å². The maximum Gasteiger partial charge on any atom is 0.333 e. The van der Waals surface area contributed by atoms with Crippen LogP contribution in [0.2, 0.25) is 0 Å². The van der Waals surface area contributed by atoms with E-state index in [2.05, 4.69) is 10.4 Å². The van der Waals surface area contributed by atoms with Gasteiger partial charge in [0.1, 0.15) is 5.69 Å². The van der Waals surface area contributed by atoms with Crippen LogP contribution < -0.4 is 5.32 Å². The molecule has 6 heteroatoms. The van der Waals surface area contributed by atoms with E-state index in [0.29, 0.717) is 18.1 Å². The second kappa shape index (κ2) is 6.01. The molecule has 2 aromatic rings. The van der Waals surface area contributed by atoms with Gasteiger partial charge < -0.3 is 5.32 Å². The third-order valence-electron chi connectivity index (χ3n) is 2.87. The number of anilines is 1. The molecule has 0 spiro atoms. The maximum atomic E-state index is 11.0. The van der Waals surface area contributed by atoms with Crippen molar-refractivity contribution in [1.82, 2.24) is 9.78 Å². The molecule has 0 amide bonds. The number of nitro groups is 1. The Bertz CT molecular complexity index is 632. The van der Waals surface area contributed by atoms with Gasteiger partial charge in [-0.25, -0.2) is 4.68 Å². The summed E-state index contributed by atoms with van der Waals surface area (Å²) in [4.78, 5) is 10.6. The van der Waals surface area contributed by atoms with Crippen LogP contribution in [0.4, 0.5) is 11.5 Å². The van der Waals surface area contributed by atoms with Gasteiger partial charge in [0.15, 0.2) is 0 Å². The standard InChI is InChI=1S/C14H16N4O2/c1-11-13(18(19)20)14(17(2)16-11)15-10-6-9-12-7-4-3-5-8-12/h3-9,15H,10H2,1-2H3/b9-6+. The molecular formula is C14H16N4O2. The van der Waals surface area contributed by atoms with E-state index in [1.54, 1.807) is 14.0 Å². The van der Waals surface area contributed by atoms with Gasteiger partial charge in [-0.2, -0.15) is 5.10 Å². The first-order valence-electron chi connectivity index (χ1n) is 6.23. The molecule has 0 bridgehead atoms. The van der Waals surface area contributed by atoms with Crippen molar-refractivity contribution in [3.8, 4) is 0 Å². The number of aromatic nitrogens is 2. The van der Waals surface area contributed by atoms with E-state index in [1.165, 1.54) is 4.68 Å². The second-order valence-corrected chi connectivity index (χ2v) is 4.36. The molecule has 0 aliphatic rings. The number of hydrogen-bond acceptors (Lipinski definition) is 4. The molecule has 0 fully saturated rings. The van der Waals surface area contributed by atoms with Crippen molar-refractivity contribution in [3.63, 3.8) is 0 Å². The Kier molecular flexibility index (Phi) is 4.14. The van der Waals surface area contributed by atoms with E-state index >= 15 is 0 Å². The smallest absolute Gasteiger partial charge is 0.333 e. The van der Waals surface area contributed by atoms with Gasteiger partial charge in [0.05, 0.1) is 4.92 Å². The monoisotopic (exact) mass is 272 g/mol. The molecule has 20 heavy (non-hydrogen) atoms. The highest BCUT2D eigenvalue weighted by Crippen LogP contribution is 2.26. The molecule has 1 heterocycles. The summed E-state index contributed by atoms with van der Waals surface area (Å²) in [6, 6.07) is 9.86. The number of nitrogens with one attached hydrogen (secondary N) is 1. The van der Waals surface area contributed by atoms with E-state index in [4.69, 9.17) is 0 Å². The number of benzene rings is 1. The first kappa shape index (κ1) is 13.8. The molecule has 0 unspecified atom stereocenters. The molecule has 2 rings (SSSR count). The number of aryl methyl sites for hydroxylation is 2. The van der Waals surface area contributed by atoms with E-state index < -0.39 is 4.92 Å². The summed E-state index contributed by atoms with van der Waals surface area (Å²) in [6.45, 7) is 2.12. The number of hydrogen-bond donors (Lipinski definition) is 1. The average molecular weight is 272 g/mol. The van der Waals surface area contributed by atoms with Gasteiger partial charge in [-0.05, 0) is 12.5 Å². The highest BCUT2D eigenvalue weighted by molar-refractivity contribution is 5.60. The third-order valence-corrected chi connectivity index (χ3v) is 2.87. The summed E-state index contributed by atoms with van der Waals surface area (Å²) in [5, 5.41) is 18.1. The molecule has 0 radical (unpaired) electrons. The highest BCUT2D eigenvalue weighted by Gasteiger charge is 2.23. The molecule has 0 aliphatic heterocycles. The minimum Gasteiger partial charge on any atom is -0.361 e. The van der Waals surface area contributed by atoms with Crippen molar-refractivity contribution >= 4 is 17.6 Å². The lowest BCUT2D eigenvalue weighted by molar-refractivity contribution is -0.384. The lowest BCUT2D eigenvalue weighted by Crippen LogP contribution is -2.06. The normalized spacial score (nSPS) is 10.9. The summed E-state index contributed by atoms with van der Waals surface area (Å²) in [5.41, 5.74) is 1.53. The van der Waals surface area contributed by atoms with Crippen molar-refractivity contribution in [1.29, 1.82) is 0 Å². The summed E-state index contributed by atoms with van der Waals surface area (Å²) in [6.07, 6.45) is 3.88. The van der Waals surface area contributed by atoms with Crippen molar-refractivity contribution in [2.45, 2.75) is 6.92 Å². The molecule has 0 saturated heterocycles. The van der Waals surface area contributed by atoms with Crippen molar-refractivity contribution in [3.05, 3.63) is 57.8 Å². The first-order chi connectivity index (χ1) is 9.59. The van der Waals surface area contributed by atoms with Crippen LogP contribution in [0.3, 0.4) is 0 Å². The largest absolute Gasteiger partial charge is 0.361 e. The Morgan fingerprint density at radius 2 is 2.10 bits per heavy atom. The molecular weight excluding hydrogens is 256 g/mol. The van der Waals surface area contributed by atoms with E-state index in [0.717, 1.165) is 5.56 Å². The fraction of sp³-hybridized carbons (Fsp3) is 0.214. The summed E-state index contributed by atoms with van der Waals surface area (Å²) >= 11 is 0. The van der Waals surface area contributed by atoms with Crippen molar-refractivity contribution in [2.24, 2.45) is 7.05 Å². The molecule has 104 valence electrons. The fourth-order valence-corrected chi connectivity index (χ4v) is 1.98. The maximum absolute atomic E-state index is 11.0. The van der Waals surface area contributed by atoms with Gasteiger partial charge in [-0.3, -0.25) is 10.1 Å². The predicted molar refractivity (Wildman–Crippen MR) is 78.6 cm³/mol. The molecule has 1 aromatic carbocycles. The van der Waals surface area contributed by atoms with Gasteiger partial charge in [0, 0.05) is 13.6 Å². The summed E-state index contributed by atoms with van der Waals surface area (Å²) in [5.74, 6) is 0.421. The summed E-state index contributed by atoms with van der Waals surface area (Å²) < 4.78 is 1.49. The van der Waals surface area contributed by atoms with Crippen LogP contribution in [0.5, 0.6) is 0 Å². The highest BCUT2D eigenvalue weighted by atomic mass is 16.6. The molecule has 6 nitrogen and oxygen atoms in total. The zero-order valence-electron chi connectivity index (χ0n) is 11.4. The Morgan fingerprint density at radius 3 is 2.75 bits per heavy atom. The Morgan fingerprint density at radius 1 is 1.40 bits per heavy atom. The van der Waals surface area contributed by atoms with E-state index in [-0.39, 0.29) is 5.69 Å². The Balaban J connectivity index is 2.05. The Labute approximate surface area is 116 Å². The van der Waals surface area contributed by atoms with Crippen LogP contribution in [-0.2, 0) is 7.05 Å². The van der Waals surface area contributed by atoms with Gasteiger partial charge in [0.2, 0.25) is 5.82 Å². The van der Waals surface area contributed by atoms with Gasteiger partial charge in [0.25, 0.3) is 0 Å². The quantitative estimate of drug-likeness (QED) is 0.671. The van der Waals surface area contributed by atoms with E-state index in [1.807, 2.05) is 42.5 Å². The van der Waals surface area contributed by atoms with Gasteiger partial charge in [-0.15, -0.1) is 0 Å². The lowest BCUT2D eigenvalue weighted by Gasteiger charge is -2.02. The first-order valence-corrected chi connectivity index (χ1v) is 6.23. The topological polar surface area (TPSA) is 73.0 Å². The molecule has 1 N–H and O–H groups in total. The molecule has 0 atom stereocenters. The number of rotatable bonds is 5. The van der Waals surface area contributed by atoms with Crippen LogP contribution in [0.15, 0.2) is 36.4 Å².